The Kier molecular flexibility index (Phi) is 4.53. The van der Waals surface area contributed by atoms with Gasteiger partial charge in [-0.25, -0.2) is 0 Å². The first-order valence-electron chi connectivity index (χ1n) is 9.14. The summed E-state index contributed by atoms with van der Waals surface area (Å²) < 4.78 is 2.27. The molecule has 0 unspecified atom stereocenters. The van der Waals surface area contributed by atoms with E-state index in [1.165, 1.54) is 0 Å². The molecule has 0 aliphatic carbocycles. The number of hydrogen-bond donors (Lipinski definition) is 0. The lowest BCUT2D eigenvalue weighted by Crippen LogP contribution is -2.37. The standard InChI is InChI=1S/C20H21N5O/c21-14-16-5-3-15(4-6-16)7-8-19(26)24-12-9-17(10-13-24)20-23-22-18-2-1-11-25(18)20/h3-8,17H,1-2,9-13H2/b8-7+. The molecule has 0 spiro atoms. The summed E-state index contributed by atoms with van der Waals surface area (Å²) in [5.41, 5.74) is 1.54. The molecule has 0 radical (unpaired) electrons. The third-order valence-corrected chi connectivity index (χ3v) is 5.27. The lowest BCUT2D eigenvalue weighted by molar-refractivity contribution is -0.127. The van der Waals surface area contributed by atoms with Crippen LogP contribution in [0.3, 0.4) is 0 Å². The van der Waals surface area contributed by atoms with Crippen LogP contribution in [-0.4, -0.2) is 38.7 Å². The molecule has 6 heteroatoms. The third kappa shape index (κ3) is 3.25. The predicted octanol–water partition coefficient (Wildman–Crippen LogP) is 2.52. The Labute approximate surface area is 152 Å². The SMILES string of the molecule is N#Cc1ccc(/C=C/C(=O)N2CCC(c3nnc4n3CCC4)CC2)cc1. The average molecular weight is 347 g/mol. The van der Waals surface area contributed by atoms with Crippen molar-refractivity contribution in [2.24, 2.45) is 0 Å². The quantitative estimate of drug-likeness (QED) is 0.800. The van der Waals surface area contributed by atoms with Crippen LogP contribution in [0.5, 0.6) is 0 Å². The van der Waals surface area contributed by atoms with Crippen molar-refractivity contribution in [3.05, 3.63) is 53.1 Å². The van der Waals surface area contributed by atoms with E-state index in [0.29, 0.717) is 11.5 Å². The molecule has 1 saturated heterocycles. The van der Waals surface area contributed by atoms with Crippen molar-refractivity contribution < 1.29 is 4.79 Å². The van der Waals surface area contributed by atoms with Gasteiger partial charge in [-0.15, -0.1) is 10.2 Å². The van der Waals surface area contributed by atoms with Gasteiger partial charge in [-0.3, -0.25) is 4.79 Å². The number of nitrogens with zero attached hydrogens (tertiary/aromatic N) is 5. The highest BCUT2D eigenvalue weighted by Crippen LogP contribution is 2.29. The van der Waals surface area contributed by atoms with Gasteiger partial charge in [0.2, 0.25) is 5.91 Å². The van der Waals surface area contributed by atoms with E-state index in [4.69, 9.17) is 5.26 Å². The van der Waals surface area contributed by atoms with Crippen molar-refractivity contribution in [3.63, 3.8) is 0 Å². The van der Waals surface area contributed by atoms with Gasteiger partial charge < -0.3 is 9.47 Å². The molecule has 2 aliphatic rings. The summed E-state index contributed by atoms with van der Waals surface area (Å²) in [6.45, 7) is 2.54. The molecule has 0 bridgehead atoms. The van der Waals surface area contributed by atoms with Crippen molar-refractivity contribution in [1.82, 2.24) is 19.7 Å². The fraction of sp³-hybridized carbons (Fsp3) is 0.400. The number of fused-ring (bicyclic) bond motifs is 1. The van der Waals surface area contributed by atoms with E-state index in [0.717, 1.165) is 62.5 Å². The molecule has 0 saturated carbocycles. The molecule has 1 aromatic carbocycles. The van der Waals surface area contributed by atoms with Crippen LogP contribution in [0.2, 0.25) is 0 Å². The fourth-order valence-electron chi connectivity index (χ4n) is 3.77. The van der Waals surface area contributed by atoms with Crippen LogP contribution in [0.4, 0.5) is 0 Å². The maximum Gasteiger partial charge on any atom is 0.246 e. The van der Waals surface area contributed by atoms with Crippen LogP contribution < -0.4 is 0 Å². The number of aromatic nitrogens is 3. The summed E-state index contributed by atoms with van der Waals surface area (Å²) in [4.78, 5) is 14.3. The Bertz CT molecular complexity index is 867. The Hall–Kier alpha value is -2.94. The summed E-state index contributed by atoms with van der Waals surface area (Å²) in [5, 5.41) is 17.5. The number of aryl methyl sites for hydroxylation is 1. The molecule has 0 N–H and O–H groups in total. The van der Waals surface area contributed by atoms with E-state index >= 15 is 0 Å². The smallest absolute Gasteiger partial charge is 0.246 e. The van der Waals surface area contributed by atoms with Gasteiger partial charge >= 0.3 is 0 Å². The zero-order chi connectivity index (χ0) is 17.9. The summed E-state index contributed by atoms with van der Waals surface area (Å²) in [6.07, 6.45) is 7.50. The Morgan fingerprint density at radius 1 is 1.15 bits per heavy atom. The molecule has 132 valence electrons. The number of carbonyl (C=O) groups is 1. The van der Waals surface area contributed by atoms with Crippen LogP contribution >= 0.6 is 0 Å². The summed E-state index contributed by atoms with van der Waals surface area (Å²) in [7, 11) is 0. The van der Waals surface area contributed by atoms with Crippen LogP contribution in [0, 0.1) is 11.3 Å². The first-order chi connectivity index (χ1) is 12.7. The third-order valence-electron chi connectivity index (χ3n) is 5.27. The molecule has 2 aliphatic heterocycles. The summed E-state index contributed by atoms with van der Waals surface area (Å²) in [5.74, 6) is 2.67. The monoisotopic (exact) mass is 347 g/mol. The lowest BCUT2D eigenvalue weighted by atomic mass is 9.96. The predicted molar refractivity (Wildman–Crippen MR) is 97.1 cm³/mol. The van der Waals surface area contributed by atoms with Crippen LogP contribution in [0.1, 0.15) is 48.0 Å². The maximum atomic E-state index is 12.4. The van der Waals surface area contributed by atoms with Crippen molar-refractivity contribution in [1.29, 1.82) is 5.26 Å². The minimum atomic E-state index is 0.0410. The Morgan fingerprint density at radius 2 is 1.92 bits per heavy atom. The number of benzene rings is 1. The van der Waals surface area contributed by atoms with Gasteiger partial charge in [0.15, 0.2) is 0 Å². The van der Waals surface area contributed by atoms with Crippen molar-refractivity contribution in [3.8, 4) is 6.07 Å². The minimum Gasteiger partial charge on any atom is -0.339 e. The van der Waals surface area contributed by atoms with E-state index < -0.39 is 0 Å². The first-order valence-corrected chi connectivity index (χ1v) is 9.14. The van der Waals surface area contributed by atoms with Gasteiger partial charge in [0, 0.05) is 38.0 Å². The van der Waals surface area contributed by atoms with Gasteiger partial charge in [-0.1, -0.05) is 12.1 Å². The number of nitriles is 1. The zero-order valence-corrected chi connectivity index (χ0v) is 14.6. The zero-order valence-electron chi connectivity index (χ0n) is 14.6. The molecular weight excluding hydrogens is 326 g/mol. The molecule has 3 heterocycles. The first kappa shape index (κ1) is 16.5. The fourth-order valence-corrected chi connectivity index (χ4v) is 3.77. The second-order valence-electron chi connectivity index (χ2n) is 6.90. The number of carbonyl (C=O) groups excluding carboxylic acids is 1. The Balaban J connectivity index is 1.34. The van der Waals surface area contributed by atoms with Crippen molar-refractivity contribution in [2.75, 3.05) is 13.1 Å². The van der Waals surface area contributed by atoms with Crippen molar-refractivity contribution >= 4 is 12.0 Å². The van der Waals surface area contributed by atoms with Crippen LogP contribution in [0.15, 0.2) is 30.3 Å². The van der Waals surface area contributed by atoms with Crippen LogP contribution in [0.25, 0.3) is 6.08 Å². The van der Waals surface area contributed by atoms with Gasteiger partial charge in [-0.2, -0.15) is 5.26 Å². The van der Waals surface area contributed by atoms with E-state index in [1.807, 2.05) is 17.0 Å². The molecule has 1 aromatic heterocycles. The molecule has 4 rings (SSSR count). The van der Waals surface area contributed by atoms with E-state index in [1.54, 1.807) is 24.3 Å². The van der Waals surface area contributed by atoms with Crippen molar-refractivity contribution in [2.45, 2.75) is 38.1 Å². The highest BCUT2D eigenvalue weighted by Gasteiger charge is 2.28. The highest BCUT2D eigenvalue weighted by molar-refractivity contribution is 5.91. The van der Waals surface area contributed by atoms with Gasteiger partial charge in [0.25, 0.3) is 0 Å². The molecule has 2 aromatic rings. The van der Waals surface area contributed by atoms with E-state index in [9.17, 15) is 4.79 Å². The molecule has 6 nitrogen and oxygen atoms in total. The topological polar surface area (TPSA) is 74.8 Å². The number of hydrogen-bond acceptors (Lipinski definition) is 4. The number of amides is 1. The second-order valence-corrected chi connectivity index (χ2v) is 6.90. The van der Waals surface area contributed by atoms with Gasteiger partial charge in [0.1, 0.15) is 11.6 Å². The van der Waals surface area contributed by atoms with E-state index in [2.05, 4.69) is 20.8 Å². The van der Waals surface area contributed by atoms with E-state index in [-0.39, 0.29) is 5.91 Å². The normalized spacial score (nSPS) is 17.4. The lowest BCUT2D eigenvalue weighted by Gasteiger charge is -2.30. The van der Waals surface area contributed by atoms with Gasteiger partial charge in [0.05, 0.1) is 11.6 Å². The van der Waals surface area contributed by atoms with Crippen LogP contribution in [-0.2, 0) is 17.8 Å². The minimum absolute atomic E-state index is 0.0410. The van der Waals surface area contributed by atoms with Gasteiger partial charge in [-0.05, 0) is 43.0 Å². The maximum absolute atomic E-state index is 12.4. The second kappa shape index (κ2) is 7.12. The highest BCUT2D eigenvalue weighted by atomic mass is 16.2. The molecular formula is C20H21N5O. The largest absolute Gasteiger partial charge is 0.339 e. The Morgan fingerprint density at radius 3 is 2.65 bits per heavy atom. The molecule has 1 amide bonds. The number of likely N-dealkylation sites (tertiary alicyclic amines) is 1. The molecule has 0 atom stereocenters. The summed E-state index contributed by atoms with van der Waals surface area (Å²) in [6, 6.07) is 9.30. The summed E-state index contributed by atoms with van der Waals surface area (Å²) >= 11 is 0. The average Bonchev–Trinajstić information content (AvgIpc) is 3.30. The molecule has 26 heavy (non-hydrogen) atoms. The number of piperidine rings is 1. The molecule has 1 fully saturated rings. The number of rotatable bonds is 3.